The van der Waals surface area contributed by atoms with Crippen molar-refractivity contribution in [1.82, 2.24) is 25.2 Å². The maximum atomic E-state index is 12.7. The number of halogens is 1. The van der Waals surface area contributed by atoms with E-state index in [9.17, 15) is 4.79 Å². The molecule has 0 fully saturated rings. The van der Waals surface area contributed by atoms with E-state index >= 15 is 0 Å². The summed E-state index contributed by atoms with van der Waals surface area (Å²) in [5.74, 6) is 0.224. The lowest BCUT2D eigenvalue weighted by atomic mass is 10.1. The van der Waals surface area contributed by atoms with E-state index in [1.165, 1.54) is 0 Å². The second-order valence-corrected chi connectivity index (χ2v) is 8.75. The summed E-state index contributed by atoms with van der Waals surface area (Å²) in [6, 6.07) is 15.7. The molecule has 1 aliphatic rings. The molecule has 180 valence electrons. The van der Waals surface area contributed by atoms with Crippen molar-refractivity contribution < 1.29 is 14.3 Å². The average Bonchev–Trinajstić information content (AvgIpc) is 3.59. The highest BCUT2D eigenvalue weighted by atomic mass is 79.9. The third-order valence-corrected chi connectivity index (χ3v) is 6.08. The Morgan fingerprint density at radius 2 is 1.97 bits per heavy atom. The number of H-pyrrole nitrogens is 1. The van der Waals surface area contributed by atoms with Crippen molar-refractivity contribution in [2.45, 2.75) is 26.7 Å². The monoisotopic (exact) mass is 537 g/mol. The van der Waals surface area contributed by atoms with Crippen LogP contribution in [0.1, 0.15) is 29.8 Å². The molecule has 11 heteroatoms. The van der Waals surface area contributed by atoms with Crippen LogP contribution in [0.5, 0.6) is 0 Å². The summed E-state index contributed by atoms with van der Waals surface area (Å²) in [5, 5.41) is 17.6. The van der Waals surface area contributed by atoms with Crippen molar-refractivity contribution in [2.75, 3.05) is 23.4 Å². The molecule has 0 radical (unpaired) electrons. The molecule has 1 atom stereocenters. The van der Waals surface area contributed by atoms with Crippen LogP contribution >= 0.6 is 15.9 Å². The first-order valence-corrected chi connectivity index (χ1v) is 12.0. The smallest absolute Gasteiger partial charge is 0.340 e. The molecule has 0 aliphatic carbocycles. The van der Waals surface area contributed by atoms with Gasteiger partial charge in [0.1, 0.15) is 0 Å². The van der Waals surface area contributed by atoms with E-state index in [0.29, 0.717) is 31.1 Å². The van der Waals surface area contributed by atoms with Crippen molar-refractivity contribution in [2.24, 2.45) is 0 Å². The summed E-state index contributed by atoms with van der Waals surface area (Å²) < 4.78 is 14.2. The molecule has 3 heterocycles. The third-order valence-electron chi connectivity index (χ3n) is 5.65. The van der Waals surface area contributed by atoms with Crippen LogP contribution in [0.25, 0.3) is 17.2 Å². The highest BCUT2D eigenvalue weighted by Gasteiger charge is 2.33. The molecule has 5 rings (SSSR count). The van der Waals surface area contributed by atoms with Gasteiger partial charge in [-0.05, 0) is 76.1 Å². The summed E-state index contributed by atoms with van der Waals surface area (Å²) in [6.07, 6.45) is 1.57. The van der Waals surface area contributed by atoms with Gasteiger partial charge in [-0.25, -0.2) is 9.89 Å². The Balaban J connectivity index is 1.45. The third kappa shape index (κ3) is 4.52. The van der Waals surface area contributed by atoms with Crippen LogP contribution in [0.3, 0.4) is 0 Å². The lowest BCUT2D eigenvalue weighted by Crippen LogP contribution is -2.38. The molecule has 2 aromatic carbocycles. The zero-order valence-electron chi connectivity index (χ0n) is 19.2. The number of aromatic amines is 1. The Morgan fingerprint density at radius 1 is 1.14 bits per heavy atom. The second-order valence-electron chi connectivity index (χ2n) is 7.83. The molecular formula is C24H24BrN7O3. The Bertz CT molecular complexity index is 1320. The van der Waals surface area contributed by atoms with Crippen LogP contribution < -0.4 is 10.2 Å². The number of benzene rings is 2. The van der Waals surface area contributed by atoms with E-state index < -0.39 is 6.35 Å². The predicted octanol–water partition coefficient (Wildman–Crippen LogP) is 4.35. The minimum atomic E-state index is -0.392. The number of esters is 1. The number of rotatable bonds is 8. The lowest BCUT2D eigenvalue weighted by Gasteiger charge is -2.27. The fourth-order valence-corrected chi connectivity index (χ4v) is 4.60. The number of anilines is 2. The molecule has 0 saturated carbocycles. The van der Waals surface area contributed by atoms with Gasteiger partial charge in [-0.2, -0.15) is 0 Å². The van der Waals surface area contributed by atoms with E-state index in [4.69, 9.17) is 9.47 Å². The fourth-order valence-electron chi connectivity index (χ4n) is 4.18. The van der Waals surface area contributed by atoms with Gasteiger partial charge in [0.25, 0.3) is 0 Å². The van der Waals surface area contributed by atoms with Crippen LogP contribution in [0, 0.1) is 0 Å². The van der Waals surface area contributed by atoms with Gasteiger partial charge in [0, 0.05) is 29.5 Å². The number of nitrogens with zero attached hydrogens (tertiary/aromatic N) is 5. The van der Waals surface area contributed by atoms with E-state index in [2.05, 4.69) is 58.9 Å². The maximum Gasteiger partial charge on any atom is 0.340 e. The van der Waals surface area contributed by atoms with Crippen LogP contribution in [-0.4, -0.2) is 50.7 Å². The number of para-hydroxylation sites is 1. The first-order chi connectivity index (χ1) is 17.1. The fraction of sp³-hybridized carbons (Fsp3) is 0.250. The Hall–Kier alpha value is -3.70. The molecule has 10 nitrogen and oxygen atoms in total. The molecular weight excluding hydrogens is 514 g/mol. The molecule has 2 N–H and O–H groups in total. The quantitative estimate of drug-likeness (QED) is 0.319. The summed E-state index contributed by atoms with van der Waals surface area (Å²) >= 11 is 3.54. The van der Waals surface area contributed by atoms with E-state index in [-0.39, 0.29) is 5.97 Å². The average molecular weight is 538 g/mol. The van der Waals surface area contributed by atoms with Crippen LogP contribution in [0.2, 0.25) is 0 Å². The number of carbonyl (C=O) groups excluding carboxylic acids is 1. The van der Waals surface area contributed by atoms with E-state index in [1.54, 1.807) is 13.0 Å². The molecule has 0 spiro atoms. The van der Waals surface area contributed by atoms with Crippen molar-refractivity contribution in [3.05, 3.63) is 70.3 Å². The number of hydrogen-bond donors (Lipinski definition) is 2. The zero-order chi connectivity index (χ0) is 24.4. The Labute approximate surface area is 210 Å². The van der Waals surface area contributed by atoms with Crippen molar-refractivity contribution in [3.8, 4) is 17.2 Å². The molecule has 4 aromatic rings. The number of aromatic nitrogens is 5. The number of hydrogen-bond acceptors (Lipinski definition) is 8. The molecule has 2 aromatic heterocycles. The highest BCUT2D eigenvalue weighted by Crippen LogP contribution is 2.39. The minimum Gasteiger partial charge on any atom is -0.462 e. The van der Waals surface area contributed by atoms with Gasteiger partial charge in [0.2, 0.25) is 6.35 Å². The van der Waals surface area contributed by atoms with Crippen LogP contribution in [-0.2, 0) is 16.0 Å². The first kappa shape index (κ1) is 23.1. The standard InChI is InChI=1S/C24H24BrN7O3/c1-3-34-23(33)18-6-5-7-19-21(18)32(24(26-19)35-4-2)13-15-8-10-17(11-9-15)31-14-16(25)12-20(31)22-27-29-30-28-22/h5-12,14,24,26H,3-4,13H2,1-2H3,(H,27,28,29,30). The molecule has 0 amide bonds. The number of tetrazole rings is 1. The molecule has 0 bridgehead atoms. The first-order valence-electron chi connectivity index (χ1n) is 11.2. The number of fused-ring (bicyclic) bond motifs is 1. The predicted molar refractivity (Wildman–Crippen MR) is 134 cm³/mol. The summed E-state index contributed by atoms with van der Waals surface area (Å²) in [6.45, 7) is 5.12. The van der Waals surface area contributed by atoms with Crippen molar-refractivity contribution >= 4 is 33.3 Å². The van der Waals surface area contributed by atoms with Crippen LogP contribution in [0.4, 0.5) is 11.4 Å². The normalized spacial score (nSPS) is 14.6. The van der Waals surface area contributed by atoms with Gasteiger partial charge >= 0.3 is 5.97 Å². The summed E-state index contributed by atoms with van der Waals surface area (Å²) in [4.78, 5) is 14.7. The molecule has 1 unspecified atom stereocenters. The summed E-state index contributed by atoms with van der Waals surface area (Å²) in [7, 11) is 0. The molecule has 1 aliphatic heterocycles. The zero-order valence-corrected chi connectivity index (χ0v) is 20.8. The van der Waals surface area contributed by atoms with Crippen molar-refractivity contribution in [3.63, 3.8) is 0 Å². The lowest BCUT2D eigenvalue weighted by molar-refractivity contribution is 0.0525. The Morgan fingerprint density at radius 3 is 2.69 bits per heavy atom. The number of nitrogens with one attached hydrogen (secondary N) is 2. The van der Waals surface area contributed by atoms with Crippen molar-refractivity contribution in [1.29, 1.82) is 0 Å². The van der Waals surface area contributed by atoms with Gasteiger partial charge in [0.05, 0.1) is 29.2 Å². The minimum absolute atomic E-state index is 0.313. The number of carbonyl (C=O) groups is 1. The van der Waals surface area contributed by atoms with Gasteiger partial charge in [0.15, 0.2) is 5.82 Å². The van der Waals surface area contributed by atoms with Gasteiger partial charge in [-0.15, -0.1) is 5.10 Å². The largest absolute Gasteiger partial charge is 0.462 e. The van der Waals surface area contributed by atoms with Gasteiger partial charge < -0.3 is 24.3 Å². The maximum absolute atomic E-state index is 12.7. The van der Waals surface area contributed by atoms with Crippen LogP contribution in [0.15, 0.2) is 59.2 Å². The molecule has 0 saturated heterocycles. The SMILES string of the molecule is CCOC(=O)c1cccc2c1N(Cc1ccc(-n3cc(Br)cc3-c3nnn[nH]3)cc1)C(OCC)N2. The topological polar surface area (TPSA) is 110 Å². The van der Waals surface area contributed by atoms with E-state index in [0.717, 1.165) is 32.8 Å². The van der Waals surface area contributed by atoms with E-state index in [1.807, 2.05) is 48.0 Å². The highest BCUT2D eigenvalue weighted by molar-refractivity contribution is 9.10. The van der Waals surface area contributed by atoms with Gasteiger partial charge in [-0.3, -0.25) is 0 Å². The van der Waals surface area contributed by atoms with Gasteiger partial charge in [-0.1, -0.05) is 18.2 Å². The number of ether oxygens (including phenoxy) is 2. The second kappa shape index (κ2) is 9.88. The summed E-state index contributed by atoms with van der Waals surface area (Å²) in [5.41, 5.74) is 4.98. The molecule has 35 heavy (non-hydrogen) atoms. The Kier molecular flexibility index (Phi) is 6.51.